The van der Waals surface area contributed by atoms with Crippen molar-refractivity contribution in [2.45, 2.75) is 32.8 Å². The molecule has 0 radical (unpaired) electrons. The van der Waals surface area contributed by atoms with Crippen LogP contribution in [0.1, 0.15) is 31.4 Å². The summed E-state index contributed by atoms with van der Waals surface area (Å²) in [4.78, 5) is 14.3. The minimum Gasteiger partial charge on any atom is -0.492 e. The van der Waals surface area contributed by atoms with Crippen molar-refractivity contribution >= 4 is 23.1 Å². The van der Waals surface area contributed by atoms with Crippen molar-refractivity contribution in [1.82, 2.24) is 4.90 Å². The number of hydrogen-bond acceptors (Lipinski definition) is 5. The van der Waals surface area contributed by atoms with Gasteiger partial charge in [-0.2, -0.15) is 0 Å². The molecule has 0 spiro atoms. The summed E-state index contributed by atoms with van der Waals surface area (Å²) in [5.74, 6) is 0.134. The maximum Gasteiger partial charge on any atom is 0.335 e. The summed E-state index contributed by atoms with van der Waals surface area (Å²) >= 11 is 6.19. The Bertz CT molecular complexity index is 948. The fourth-order valence-corrected chi connectivity index (χ4v) is 4.07. The van der Waals surface area contributed by atoms with Crippen LogP contribution >= 0.6 is 11.6 Å². The molecule has 5 nitrogen and oxygen atoms in total. The molecule has 178 valence electrons. The van der Waals surface area contributed by atoms with E-state index in [2.05, 4.69) is 11.0 Å². The highest BCUT2D eigenvalue weighted by atomic mass is 35.5. The van der Waals surface area contributed by atoms with E-state index in [1.807, 2.05) is 31.2 Å². The normalized spacial score (nSPS) is 15.1. The molecule has 0 amide bonds. The molecule has 33 heavy (non-hydrogen) atoms. The van der Waals surface area contributed by atoms with E-state index in [0.717, 1.165) is 48.5 Å². The molecule has 0 fully saturated rings. The van der Waals surface area contributed by atoms with E-state index < -0.39 is 6.10 Å². The number of ether oxygens (including phenoxy) is 3. The standard InChI is InChI=1S/C26H31ClFNO4/c1-3-31-25(26(30)32-4-2)17-19-5-8-22(9-6-19)33-16-15-29-13-11-20(12-14-29)23-10-7-21(28)18-24(23)27/h5-11,18,25H,3-4,12-17H2,1-2H3. The van der Waals surface area contributed by atoms with E-state index >= 15 is 0 Å². The molecule has 0 aromatic heterocycles. The maximum atomic E-state index is 13.3. The van der Waals surface area contributed by atoms with Gasteiger partial charge >= 0.3 is 5.97 Å². The maximum absolute atomic E-state index is 13.3. The van der Waals surface area contributed by atoms with Crippen molar-refractivity contribution in [1.29, 1.82) is 0 Å². The van der Waals surface area contributed by atoms with Gasteiger partial charge in [0.1, 0.15) is 18.2 Å². The topological polar surface area (TPSA) is 48.0 Å². The third-order valence-electron chi connectivity index (χ3n) is 5.51. The SMILES string of the molecule is CCOC(=O)C(Cc1ccc(OCCN2CC=C(c3ccc(F)cc3Cl)CC2)cc1)OCC. The zero-order valence-corrected chi connectivity index (χ0v) is 19.9. The first-order chi connectivity index (χ1) is 16.0. The molecule has 2 aromatic rings. The number of esters is 1. The second-order valence-corrected chi connectivity index (χ2v) is 8.20. The molecule has 3 rings (SSSR count). The third-order valence-corrected chi connectivity index (χ3v) is 5.82. The molecule has 0 bridgehead atoms. The number of nitrogens with zero attached hydrogens (tertiary/aromatic N) is 1. The van der Waals surface area contributed by atoms with Crippen molar-refractivity contribution in [3.63, 3.8) is 0 Å². The van der Waals surface area contributed by atoms with Crippen LogP contribution in [0.15, 0.2) is 48.5 Å². The highest BCUT2D eigenvalue weighted by Crippen LogP contribution is 2.29. The molecule has 2 aromatic carbocycles. The fraction of sp³-hybridized carbons (Fsp3) is 0.423. The zero-order chi connectivity index (χ0) is 23.6. The summed E-state index contributed by atoms with van der Waals surface area (Å²) in [6.07, 6.45) is 2.88. The lowest BCUT2D eigenvalue weighted by molar-refractivity contribution is -0.156. The number of carbonyl (C=O) groups is 1. The Labute approximate surface area is 200 Å². The van der Waals surface area contributed by atoms with Crippen LogP contribution in [-0.2, 0) is 20.7 Å². The number of hydrogen-bond donors (Lipinski definition) is 0. The average Bonchev–Trinajstić information content (AvgIpc) is 2.81. The van der Waals surface area contributed by atoms with Gasteiger partial charge in [0.2, 0.25) is 0 Å². The summed E-state index contributed by atoms with van der Waals surface area (Å²) in [5.41, 5.74) is 3.05. The second-order valence-electron chi connectivity index (χ2n) is 7.80. The van der Waals surface area contributed by atoms with E-state index in [4.69, 9.17) is 25.8 Å². The van der Waals surface area contributed by atoms with E-state index in [0.29, 0.717) is 31.3 Å². The van der Waals surface area contributed by atoms with Crippen LogP contribution in [0.5, 0.6) is 5.75 Å². The summed E-state index contributed by atoms with van der Waals surface area (Å²) in [6, 6.07) is 12.3. The molecule has 1 atom stereocenters. The molecule has 0 aliphatic carbocycles. The van der Waals surface area contributed by atoms with Gasteiger partial charge < -0.3 is 14.2 Å². The molecule has 7 heteroatoms. The highest BCUT2D eigenvalue weighted by Gasteiger charge is 2.20. The smallest absolute Gasteiger partial charge is 0.335 e. The van der Waals surface area contributed by atoms with Crippen LogP contribution in [0.4, 0.5) is 4.39 Å². The lowest BCUT2D eigenvalue weighted by Gasteiger charge is -2.26. The average molecular weight is 476 g/mol. The summed E-state index contributed by atoms with van der Waals surface area (Å²) in [6.45, 7) is 7.51. The molecule has 1 unspecified atom stereocenters. The van der Waals surface area contributed by atoms with Crippen LogP contribution in [-0.4, -0.2) is 56.4 Å². The monoisotopic (exact) mass is 475 g/mol. The zero-order valence-electron chi connectivity index (χ0n) is 19.2. The molecule has 1 heterocycles. The van der Waals surface area contributed by atoms with Crippen LogP contribution in [0.2, 0.25) is 5.02 Å². The Balaban J connectivity index is 1.44. The first kappa shape index (κ1) is 25.2. The van der Waals surface area contributed by atoms with Crippen molar-refractivity contribution in [2.75, 3.05) is 39.5 Å². The number of carbonyl (C=O) groups excluding carboxylic acids is 1. The molecular formula is C26H31ClFNO4. The Morgan fingerprint density at radius 2 is 1.94 bits per heavy atom. The fourth-order valence-electron chi connectivity index (χ4n) is 3.78. The Morgan fingerprint density at radius 1 is 1.15 bits per heavy atom. The molecule has 1 aliphatic rings. The minimum atomic E-state index is -0.594. The number of halogens is 2. The van der Waals surface area contributed by atoms with E-state index in [1.165, 1.54) is 12.1 Å². The van der Waals surface area contributed by atoms with Gasteiger partial charge in [0, 0.05) is 32.7 Å². The van der Waals surface area contributed by atoms with Gasteiger partial charge in [-0.25, -0.2) is 9.18 Å². The molecular weight excluding hydrogens is 445 g/mol. The van der Waals surface area contributed by atoms with Gasteiger partial charge in [-0.3, -0.25) is 4.90 Å². The van der Waals surface area contributed by atoms with Crippen LogP contribution in [0.25, 0.3) is 5.57 Å². The van der Waals surface area contributed by atoms with Gasteiger partial charge in [0.15, 0.2) is 6.10 Å². The Hall–Kier alpha value is -2.41. The lowest BCUT2D eigenvalue weighted by atomic mass is 9.99. The van der Waals surface area contributed by atoms with E-state index in [9.17, 15) is 9.18 Å². The largest absolute Gasteiger partial charge is 0.492 e. The number of rotatable bonds is 11. The predicted molar refractivity (Wildman–Crippen MR) is 128 cm³/mol. The first-order valence-corrected chi connectivity index (χ1v) is 11.7. The van der Waals surface area contributed by atoms with Crippen molar-refractivity contribution in [3.05, 3.63) is 70.5 Å². The quantitative estimate of drug-likeness (QED) is 0.420. The molecule has 1 aliphatic heterocycles. The summed E-state index contributed by atoms with van der Waals surface area (Å²) in [7, 11) is 0. The van der Waals surface area contributed by atoms with Gasteiger partial charge in [0.25, 0.3) is 0 Å². The third kappa shape index (κ3) is 7.56. The van der Waals surface area contributed by atoms with Crippen LogP contribution in [0, 0.1) is 5.82 Å². The van der Waals surface area contributed by atoms with Gasteiger partial charge in [-0.1, -0.05) is 35.9 Å². The van der Waals surface area contributed by atoms with Crippen molar-refractivity contribution < 1.29 is 23.4 Å². The van der Waals surface area contributed by atoms with Crippen LogP contribution < -0.4 is 4.74 Å². The number of benzene rings is 2. The van der Waals surface area contributed by atoms with E-state index in [1.54, 1.807) is 13.0 Å². The minimum absolute atomic E-state index is 0.319. The lowest BCUT2D eigenvalue weighted by Crippen LogP contribution is -2.32. The highest BCUT2D eigenvalue weighted by molar-refractivity contribution is 6.32. The Kier molecular flexibility index (Phi) is 9.73. The first-order valence-electron chi connectivity index (χ1n) is 11.4. The Morgan fingerprint density at radius 3 is 2.58 bits per heavy atom. The molecule has 0 saturated heterocycles. The van der Waals surface area contributed by atoms with E-state index in [-0.39, 0.29) is 11.8 Å². The van der Waals surface area contributed by atoms with Crippen molar-refractivity contribution in [2.24, 2.45) is 0 Å². The second kappa shape index (κ2) is 12.7. The van der Waals surface area contributed by atoms with Gasteiger partial charge in [0.05, 0.1) is 11.6 Å². The molecule has 0 saturated carbocycles. The summed E-state index contributed by atoms with van der Waals surface area (Å²) in [5, 5.41) is 0.455. The van der Waals surface area contributed by atoms with Crippen LogP contribution in [0.3, 0.4) is 0 Å². The summed E-state index contributed by atoms with van der Waals surface area (Å²) < 4.78 is 29.8. The van der Waals surface area contributed by atoms with Gasteiger partial charge in [-0.05, 0) is 61.2 Å². The molecule has 0 N–H and O–H groups in total. The van der Waals surface area contributed by atoms with Crippen molar-refractivity contribution in [3.8, 4) is 5.75 Å². The van der Waals surface area contributed by atoms with Gasteiger partial charge in [-0.15, -0.1) is 0 Å². The predicted octanol–water partition coefficient (Wildman–Crippen LogP) is 5.16.